The van der Waals surface area contributed by atoms with Crippen LogP contribution in [0.2, 0.25) is 10.0 Å². The van der Waals surface area contributed by atoms with E-state index in [1.807, 2.05) is 48.5 Å². The largest absolute Gasteiger partial charge is 0.378 e. The second-order valence-electron chi connectivity index (χ2n) is 8.16. The Labute approximate surface area is 211 Å². The van der Waals surface area contributed by atoms with Crippen molar-refractivity contribution in [3.05, 3.63) is 80.3 Å². The van der Waals surface area contributed by atoms with Crippen molar-refractivity contribution in [1.29, 1.82) is 0 Å². The number of carbonyl (C=O) groups is 2. The van der Waals surface area contributed by atoms with Crippen molar-refractivity contribution in [3.8, 4) is 0 Å². The molecule has 3 aliphatic rings. The van der Waals surface area contributed by atoms with E-state index < -0.39 is 0 Å². The van der Waals surface area contributed by atoms with E-state index in [1.54, 1.807) is 12.0 Å². The van der Waals surface area contributed by atoms with E-state index in [4.69, 9.17) is 32.9 Å². The molecule has 10 heteroatoms. The summed E-state index contributed by atoms with van der Waals surface area (Å²) in [5, 5.41) is 4.80. The Hall–Kier alpha value is -2.52. The third kappa shape index (κ3) is 4.31. The summed E-state index contributed by atoms with van der Waals surface area (Å²) in [6.45, 7) is 1.20. The molecule has 2 atom stereocenters. The van der Waals surface area contributed by atoms with Crippen molar-refractivity contribution in [1.82, 2.24) is 15.1 Å². The zero-order chi connectivity index (χ0) is 23.8. The van der Waals surface area contributed by atoms with E-state index in [2.05, 4.69) is 10.2 Å². The maximum absolute atomic E-state index is 13.4. The molecular weight excluding hydrogens is 495 g/mol. The molecule has 2 amide bonds. The van der Waals surface area contributed by atoms with Crippen molar-refractivity contribution < 1.29 is 14.3 Å². The van der Waals surface area contributed by atoms with Crippen molar-refractivity contribution in [2.75, 3.05) is 33.4 Å². The predicted molar refractivity (Wildman–Crippen MR) is 134 cm³/mol. The van der Waals surface area contributed by atoms with Gasteiger partial charge in [0.2, 0.25) is 5.91 Å². The number of halogens is 2. The molecule has 34 heavy (non-hydrogen) atoms. The van der Waals surface area contributed by atoms with Gasteiger partial charge in [0.05, 0.1) is 24.9 Å². The van der Waals surface area contributed by atoms with E-state index in [9.17, 15) is 9.59 Å². The zero-order valence-electron chi connectivity index (χ0n) is 18.3. The van der Waals surface area contributed by atoms with Gasteiger partial charge in [-0.25, -0.2) is 0 Å². The molecule has 0 bridgehead atoms. The number of rotatable bonds is 5. The maximum Gasteiger partial charge on any atom is 0.263 e. The first kappa shape index (κ1) is 23.2. The molecule has 0 aliphatic carbocycles. The smallest absolute Gasteiger partial charge is 0.263 e. The van der Waals surface area contributed by atoms with Crippen LogP contribution < -0.4 is 5.32 Å². The quantitative estimate of drug-likeness (QED) is 0.649. The lowest BCUT2D eigenvalue weighted by molar-refractivity contribution is -0.135. The highest BCUT2D eigenvalue weighted by Crippen LogP contribution is 2.52. The van der Waals surface area contributed by atoms with Crippen molar-refractivity contribution in [3.63, 3.8) is 0 Å². The van der Waals surface area contributed by atoms with E-state index >= 15 is 0 Å². The Morgan fingerprint density at radius 3 is 2.38 bits per heavy atom. The monoisotopic (exact) mass is 516 g/mol. The van der Waals surface area contributed by atoms with Crippen LogP contribution in [0.15, 0.2) is 64.1 Å². The van der Waals surface area contributed by atoms with Crippen LogP contribution in [0.3, 0.4) is 0 Å². The van der Waals surface area contributed by atoms with Gasteiger partial charge in [-0.3, -0.25) is 14.6 Å². The number of thioether (sulfide) groups is 1. The van der Waals surface area contributed by atoms with Crippen molar-refractivity contribution in [2.45, 2.75) is 12.1 Å². The van der Waals surface area contributed by atoms with Crippen LogP contribution in [-0.4, -0.2) is 60.1 Å². The van der Waals surface area contributed by atoms with Crippen molar-refractivity contribution in [2.24, 2.45) is 4.99 Å². The van der Waals surface area contributed by atoms with Crippen LogP contribution in [0.25, 0.3) is 0 Å². The highest BCUT2D eigenvalue weighted by atomic mass is 35.5. The molecule has 3 heterocycles. The van der Waals surface area contributed by atoms with Crippen LogP contribution in [0, 0.1) is 0 Å². The molecule has 0 saturated carbocycles. The summed E-state index contributed by atoms with van der Waals surface area (Å²) in [6, 6.07) is 15.0. The molecule has 0 spiro atoms. The lowest BCUT2D eigenvalue weighted by Crippen LogP contribution is -2.50. The standard InChI is InChI=1S/C24H22Cl2N4O3S/c1-33-13-18-22(23(32)29-11-10-27-19(31)12-29)34-24-28-20(14-2-6-16(25)7-3-14)21(30(18)24)15-4-8-17(26)9-5-15/h2-9,20-21H,10-13H2,1H3,(H,27,31). The Bertz CT molecular complexity index is 1180. The minimum Gasteiger partial charge on any atom is -0.378 e. The number of carbonyl (C=O) groups excluding carboxylic acids is 2. The molecular formula is C24H22Cl2N4O3S. The summed E-state index contributed by atoms with van der Waals surface area (Å²) in [7, 11) is 1.60. The Kier molecular flexibility index (Phi) is 6.57. The number of hydrogen-bond donors (Lipinski definition) is 1. The van der Waals surface area contributed by atoms with E-state index in [0.29, 0.717) is 28.0 Å². The first-order valence-corrected chi connectivity index (χ1v) is 12.4. The first-order valence-electron chi connectivity index (χ1n) is 10.8. The van der Waals surface area contributed by atoms with Gasteiger partial charge >= 0.3 is 0 Å². The molecule has 2 aromatic carbocycles. The fourth-order valence-electron chi connectivity index (χ4n) is 4.43. The van der Waals surface area contributed by atoms with Crippen LogP contribution in [-0.2, 0) is 14.3 Å². The van der Waals surface area contributed by atoms with Gasteiger partial charge in [-0.1, -0.05) is 47.5 Å². The first-order chi connectivity index (χ1) is 16.5. The van der Waals surface area contributed by atoms with Gasteiger partial charge < -0.3 is 19.9 Å². The Balaban J connectivity index is 1.56. The van der Waals surface area contributed by atoms with Gasteiger partial charge in [-0.15, -0.1) is 0 Å². The van der Waals surface area contributed by atoms with Gasteiger partial charge in [-0.2, -0.15) is 0 Å². The molecule has 1 fully saturated rings. The third-order valence-electron chi connectivity index (χ3n) is 6.00. The van der Waals surface area contributed by atoms with E-state index in [-0.39, 0.29) is 37.0 Å². The summed E-state index contributed by atoms with van der Waals surface area (Å²) in [4.78, 5) is 34.6. The van der Waals surface area contributed by atoms with Gasteiger partial charge in [-0.05, 0) is 47.2 Å². The lowest BCUT2D eigenvalue weighted by atomic mass is 9.93. The Morgan fingerprint density at radius 2 is 1.76 bits per heavy atom. The van der Waals surface area contributed by atoms with Crippen LogP contribution in [0.1, 0.15) is 23.2 Å². The number of nitrogens with one attached hydrogen (secondary N) is 1. The molecule has 1 N–H and O–H groups in total. The summed E-state index contributed by atoms with van der Waals surface area (Å²) in [5.74, 6) is -0.335. The van der Waals surface area contributed by atoms with Crippen LogP contribution >= 0.6 is 35.0 Å². The SMILES string of the molecule is COCC1=C(C(=O)N2CCNC(=O)C2)SC2=NC(c3ccc(Cl)cc3)C(c3ccc(Cl)cc3)N21. The molecule has 2 unspecified atom stereocenters. The van der Waals surface area contributed by atoms with Crippen LogP contribution in [0.4, 0.5) is 0 Å². The lowest BCUT2D eigenvalue weighted by Gasteiger charge is -2.30. The highest BCUT2D eigenvalue weighted by molar-refractivity contribution is 8.18. The second kappa shape index (κ2) is 9.62. The van der Waals surface area contributed by atoms with Crippen molar-refractivity contribution >= 4 is 51.9 Å². The summed E-state index contributed by atoms with van der Waals surface area (Å²) in [6.07, 6.45) is 0. The fraction of sp³-hybridized carbons (Fsp3) is 0.292. The Morgan fingerprint density at radius 1 is 1.12 bits per heavy atom. The highest BCUT2D eigenvalue weighted by Gasteiger charge is 2.47. The average Bonchev–Trinajstić information content (AvgIpc) is 3.37. The third-order valence-corrected chi connectivity index (χ3v) is 7.61. The number of piperazine rings is 1. The van der Waals surface area contributed by atoms with E-state index in [0.717, 1.165) is 22.0 Å². The fourth-order valence-corrected chi connectivity index (χ4v) is 5.85. The molecule has 1 saturated heterocycles. The number of aliphatic imine (C=N–C) groups is 1. The number of ether oxygens (including phenoxy) is 1. The number of fused-ring (bicyclic) bond motifs is 1. The topological polar surface area (TPSA) is 74.2 Å². The summed E-state index contributed by atoms with van der Waals surface area (Å²) < 4.78 is 5.53. The number of benzene rings is 2. The van der Waals surface area contributed by atoms with Gasteiger partial charge in [0.15, 0.2) is 5.17 Å². The van der Waals surface area contributed by atoms with E-state index in [1.165, 1.54) is 11.8 Å². The van der Waals surface area contributed by atoms with Crippen LogP contribution in [0.5, 0.6) is 0 Å². The number of amides is 2. The predicted octanol–water partition coefficient (Wildman–Crippen LogP) is 4.01. The molecule has 2 aromatic rings. The molecule has 3 aliphatic heterocycles. The van der Waals surface area contributed by atoms with Gasteiger partial charge in [0.1, 0.15) is 10.9 Å². The average molecular weight is 517 g/mol. The second-order valence-corrected chi connectivity index (χ2v) is 10.0. The minimum absolute atomic E-state index is 0.0453. The summed E-state index contributed by atoms with van der Waals surface area (Å²) >= 11 is 13.6. The molecule has 5 rings (SSSR count). The molecule has 0 aromatic heterocycles. The normalized spacial score (nSPS) is 22.1. The number of methoxy groups -OCH3 is 1. The number of nitrogens with zero attached hydrogens (tertiary/aromatic N) is 3. The zero-order valence-corrected chi connectivity index (χ0v) is 20.7. The number of amidine groups is 1. The maximum atomic E-state index is 13.4. The minimum atomic E-state index is -0.204. The van der Waals surface area contributed by atoms with Gasteiger partial charge in [0, 0.05) is 30.2 Å². The molecule has 0 radical (unpaired) electrons. The summed E-state index contributed by atoms with van der Waals surface area (Å²) in [5.41, 5.74) is 2.78. The molecule has 176 valence electrons. The molecule has 7 nitrogen and oxygen atoms in total. The number of hydrogen-bond acceptors (Lipinski definition) is 6. The van der Waals surface area contributed by atoms with Gasteiger partial charge in [0.25, 0.3) is 5.91 Å².